The molecule has 2 amide bonds. The first-order valence-corrected chi connectivity index (χ1v) is 6.73. The molecule has 0 atom stereocenters. The minimum atomic E-state index is -1.22. The number of amides is 2. The van der Waals surface area contributed by atoms with Crippen molar-refractivity contribution < 1.29 is 19.4 Å². The molecule has 7 nitrogen and oxygen atoms in total. The Bertz CT molecular complexity index is 321. The van der Waals surface area contributed by atoms with Crippen LogP contribution in [0.5, 0.6) is 0 Å². The molecule has 0 bridgehead atoms. The number of ether oxygens (including phenoxy) is 1. The smallest absolute Gasteiger partial charge is 0.329 e. The third kappa shape index (κ3) is 5.75. The molecule has 20 heavy (non-hydrogen) atoms. The fourth-order valence-electron chi connectivity index (χ4n) is 1.72. The van der Waals surface area contributed by atoms with E-state index in [2.05, 4.69) is 5.32 Å². The Kier molecular flexibility index (Phi) is 8.17. The van der Waals surface area contributed by atoms with Crippen LogP contribution in [0.4, 0.5) is 4.79 Å². The summed E-state index contributed by atoms with van der Waals surface area (Å²) in [5.41, 5.74) is -1.22. The molecule has 0 saturated carbocycles. The van der Waals surface area contributed by atoms with Crippen molar-refractivity contribution in [1.82, 2.24) is 15.1 Å². The number of carbonyl (C=O) groups is 2. The number of nitrogens with one attached hydrogen (secondary N) is 1. The van der Waals surface area contributed by atoms with Gasteiger partial charge in [-0.25, -0.2) is 9.59 Å². The van der Waals surface area contributed by atoms with Crippen LogP contribution in [0.25, 0.3) is 0 Å². The average molecular weight is 289 g/mol. The van der Waals surface area contributed by atoms with Crippen molar-refractivity contribution in [3.63, 3.8) is 0 Å². The van der Waals surface area contributed by atoms with Gasteiger partial charge >= 0.3 is 12.0 Å². The number of rotatable bonds is 9. The molecular weight excluding hydrogens is 262 g/mol. The number of hydrogen-bond donors (Lipinski definition) is 2. The minimum Gasteiger partial charge on any atom is -0.480 e. The molecule has 0 radical (unpaired) electrons. The van der Waals surface area contributed by atoms with Crippen molar-refractivity contribution in [3.8, 4) is 0 Å². The molecule has 0 aliphatic heterocycles. The number of hydrogen-bond acceptors (Lipinski definition) is 4. The van der Waals surface area contributed by atoms with E-state index in [1.165, 1.54) is 18.7 Å². The normalized spacial score (nSPS) is 11.5. The molecule has 118 valence electrons. The topological polar surface area (TPSA) is 82.1 Å². The van der Waals surface area contributed by atoms with E-state index < -0.39 is 11.5 Å². The summed E-state index contributed by atoms with van der Waals surface area (Å²) in [7, 11) is 3.58. The predicted molar refractivity (Wildman–Crippen MR) is 76.9 cm³/mol. The highest BCUT2D eigenvalue weighted by Gasteiger charge is 2.36. The van der Waals surface area contributed by atoms with Gasteiger partial charge in [-0.05, 0) is 27.8 Å². The lowest BCUT2D eigenvalue weighted by Gasteiger charge is -2.34. The van der Waals surface area contributed by atoms with E-state index in [9.17, 15) is 9.59 Å². The summed E-state index contributed by atoms with van der Waals surface area (Å²) in [4.78, 5) is 26.6. The van der Waals surface area contributed by atoms with Crippen LogP contribution >= 0.6 is 0 Å². The first kappa shape index (κ1) is 18.7. The Hall–Kier alpha value is -1.34. The third-order valence-corrected chi connectivity index (χ3v) is 3.21. The number of methoxy groups -OCH3 is 1. The summed E-state index contributed by atoms with van der Waals surface area (Å²) in [5.74, 6) is -1.02. The second-order valence-electron chi connectivity index (χ2n) is 5.14. The standard InChI is InChI=1S/C13H27N3O4/c1-6-16(13(2,3)11(17)18)12(19)14-7-8-15(4)9-10-20-5/h6-10H2,1-5H3,(H,14,19)(H,17,18). The summed E-state index contributed by atoms with van der Waals surface area (Å²) < 4.78 is 4.96. The maximum Gasteiger partial charge on any atom is 0.329 e. The molecule has 2 N–H and O–H groups in total. The lowest BCUT2D eigenvalue weighted by atomic mass is 10.0. The largest absolute Gasteiger partial charge is 0.480 e. The lowest BCUT2D eigenvalue weighted by Crippen LogP contribution is -2.56. The van der Waals surface area contributed by atoms with Crippen LogP contribution in [0.3, 0.4) is 0 Å². The molecule has 0 fully saturated rings. The molecule has 7 heteroatoms. The van der Waals surface area contributed by atoms with E-state index in [4.69, 9.17) is 9.84 Å². The molecule has 0 aromatic carbocycles. The van der Waals surface area contributed by atoms with Gasteiger partial charge < -0.3 is 25.0 Å². The molecule has 0 aromatic rings. The van der Waals surface area contributed by atoms with E-state index in [1.807, 2.05) is 11.9 Å². The van der Waals surface area contributed by atoms with Crippen LogP contribution in [0.15, 0.2) is 0 Å². The first-order chi connectivity index (χ1) is 9.27. The van der Waals surface area contributed by atoms with Crippen molar-refractivity contribution in [2.75, 3.05) is 46.9 Å². The zero-order valence-corrected chi connectivity index (χ0v) is 13.1. The van der Waals surface area contributed by atoms with E-state index in [0.29, 0.717) is 26.2 Å². The minimum absolute atomic E-state index is 0.338. The monoisotopic (exact) mass is 289 g/mol. The summed E-state index contributed by atoms with van der Waals surface area (Å²) in [6.07, 6.45) is 0. The molecule has 0 aliphatic carbocycles. The van der Waals surface area contributed by atoms with Gasteiger partial charge in [-0.3, -0.25) is 0 Å². The summed E-state index contributed by atoms with van der Waals surface area (Å²) in [5, 5.41) is 11.9. The van der Waals surface area contributed by atoms with Crippen LogP contribution in [0.1, 0.15) is 20.8 Å². The summed E-state index contributed by atoms with van der Waals surface area (Å²) in [6.45, 7) is 7.69. The Morgan fingerprint density at radius 1 is 1.30 bits per heavy atom. The highest BCUT2D eigenvalue weighted by atomic mass is 16.5. The second kappa shape index (κ2) is 8.76. The van der Waals surface area contributed by atoms with Crippen LogP contribution in [-0.4, -0.2) is 79.4 Å². The second-order valence-corrected chi connectivity index (χ2v) is 5.14. The van der Waals surface area contributed by atoms with Crippen LogP contribution in [0, 0.1) is 0 Å². The molecular formula is C13H27N3O4. The third-order valence-electron chi connectivity index (χ3n) is 3.21. The van der Waals surface area contributed by atoms with Crippen molar-refractivity contribution in [2.45, 2.75) is 26.3 Å². The number of carboxylic acid groups (broad SMARTS) is 1. The van der Waals surface area contributed by atoms with E-state index in [-0.39, 0.29) is 6.03 Å². The van der Waals surface area contributed by atoms with Crippen molar-refractivity contribution in [3.05, 3.63) is 0 Å². The lowest BCUT2D eigenvalue weighted by molar-refractivity contribution is -0.147. The highest BCUT2D eigenvalue weighted by Crippen LogP contribution is 2.14. The van der Waals surface area contributed by atoms with Gasteiger partial charge in [-0.1, -0.05) is 0 Å². The van der Waals surface area contributed by atoms with Gasteiger partial charge in [-0.15, -0.1) is 0 Å². The van der Waals surface area contributed by atoms with Gasteiger partial charge in [0.1, 0.15) is 5.54 Å². The number of nitrogens with zero attached hydrogens (tertiary/aromatic N) is 2. The maximum atomic E-state index is 12.0. The van der Waals surface area contributed by atoms with Gasteiger partial charge in [0.25, 0.3) is 0 Å². The van der Waals surface area contributed by atoms with Crippen LogP contribution in [-0.2, 0) is 9.53 Å². The highest BCUT2D eigenvalue weighted by molar-refractivity contribution is 5.85. The van der Waals surface area contributed by atoms with Crippen LogP contribution < -0.4 is 5.32 Å². The molecule has 0 spiro atoms. The first-order valence-electron chi connectivity index (χ1n) is 6.73. The Labute approximate surface area is 120 Å². The number of urea groups is 1. The van der Waals surface area contributed by atoms with Gasteiger partial charge in [-0.2, -0.15) is 0 Å². The predicted octanol–water partition coefficient (Wildman–Crippen LogP) is 0.459. The van der Waals surface area contributed by atoms with E-state index in [0.717, 1.165) is 6.54 Å². The van der Waals surface area contributed by atoms with Gasteiger partial charge in [0.05, 0.1) is 6.61 Å². The zero-order chi connectivity index (χ0) is 15.8. The number of carbonyl (C=O) groups excluding carboxylic acids is 1. The molecule has 0 aromatic heterocycles. The van der Waals surface area contributed by atoms with E-state index >= 15 is 0 Å². The SMILES string of the molecule is CCN(C(=O)NCCN(C)CCOC)C(C)(C)C(=O)O. The average Bonchev–Trinajstić information content (AvgIpc) is 2.36. The summed E-state index contributed by atoms with van der Waals surface area (Å²) in [6, 6.07) is -0.361. The van der Waals surface area contributed by atoms with Crippen molar-refractivity contribution >= 4 is 12.0 Å². The Morgan fingerprint density at radius 3 is 2.35 bits per heavy atom. The van der Waals surface area contributed by atoms with Crippen molar-refractivity contribution in [2.24, 2.45) is 0 Å². The number of likely N-dealkylation sites (N-methyl/N-ethyl adjacent to an activating group) is 2. The maximum absolute atomic E-state index is 12.0. The Morgan fingerprint density at radius 2 is 1.90 bits per heavy atom. The molecule has 0 heterocycles. The zero-order valence-electron chi connectivity index (χ0n) is 13.1. The molecule has 0 aliphatic rings. The van der Waals surface area contributed by atoms with Gasteiger partial charge in [0.15, 0.2) is 0 Å². The van der Waals surface area contributed by atoms with Gasteiger partial charge in [0, 0.05) is 33.3 Å². The number of aliphatic carboxylic acids is 1. The quantitative estimate of drug-likeness (QED) is 0.644. The molecule has 0 unspecified atom stereocenters. The summed E-state index contributed by atoms with van der Waals surface area (Å²) >= 11 is 0. The van der Waals surface area contributed by atoms with Gasteiger partial charge in [0.2, 0.25) is 0 Å². The fraction of sp³-hybridized carbons (Fsp3) is 0.846. The molecule has 0 saturated heterocycles. The van der Waals surface area contributed by atoms with E-state index in [1.54, 1.807) is 14.0 Å². The fourth-order valence-corrected chi connectivity index (χ4v) is 1.72. The van der Waals surface area contributed by atoms with Crippen molar-refractivity contribution in [1.29, 1.82) is 0 Å². The number of carboxylic acids is 1. The van der Waals surface area contributed by atoms with Crippen LogP contribution in [0.2, 0.25) is 0 Å². The Balaban J connectivity index is 4.28. The molecule has 0 rings (SSSR count).